The second-order valence-electron chi connectivity index (χ2n) is 4.85. The molecule has 0 unspecified atom stereocenters. The minimum absolute atomic E-state index is 0.208. The smallest absolute Gasteiger partial charge is 0.261 e. The minimum Gasteiger partial charge on any atom is -0.481 e. The van der Waals surface area contributed by atoms with Gasteiger partial charge in [0.25, 0.3) is 5.91 Å². The molecule has 0 heterocycles. The van der Waals surface area contributed by atoms with E-state index in [1.54, 1.807) is 31.2 Å². The molecular formula is C17H18FNO2. The largest absolute Gasteiger partial charge is 0.481 e. The van der Waals surface area contributed by atoms with Crippen molar-refractivity contribution in [3.05, 3.63) is 66.0 Å². The van der Waals surface area contributed by atoms with Gasteiger partial charge in [0.2, 0.25) is 0 Å². The Hall–Kier alpha value is -2.36. The summed E-state index contributed by atoms with van der Waals surface area (Å²) in [6.07, 6.45) is -0.602. The van der Waals surface area contributed by atoms with E-state index in [4.69, 9.17) is 4.74 Å². The Morgan fingerprint density at radius 2 is 1.67 bits per heavy atom. The second kappa shape index (κ2) is 6.88. The Kier molecular flexibility index (Phi) is 4.93. The molecule has 0 aliphatic carbocycles. The zero-order valence-corrected chi connectivity index (χ0v) is 12.0. The van der Waals surface area contributed by atoms with E-state index >= 15 is 0 Å². The van der Waals surface area contributed by atoms with Crippen LogP contribution in [0.1, 0.15) is 25.5 Å². The van der Waals surface area contributed by atoms with Crippen LogP contribution in [0.5, 0.6) is 5.75 Å². The van der Waals surface area contributed by atoms with Crippen molar-refractivity contribution in [2.45, 2.75) is 26.0 Å². The first kappa shape index (κ1) is 15.0. The summed E-state index contributed by atoms with van der Waals surface area (Å²) < 4.78 is 18.4. The van der Waals surface area contributed by atoms with Crippen molar-refractivity contribution in [2.75, 3.05) is 0 Å². The minimum atomic E-state index is -0.602. The molecule has 0 aliphatic rings. The van der Waals surface area contributed by atoms with Crippen LogP contribution in [0.3, 0.4) is 0 Å². The van der Waals surface area contributed by atoms with Crippen LogP contribution in [0.2, 0.25) is 0 Å². The molecule has 2 rings (SSSR count). The van der Waals surface area contributed by atoms with E-state index in [0.717, 1.165) is 5.56 Å². The van der Waals surface area contributed by atoms with Gasteiger partial charge < -0.3 is 10.1 Å². The van der Waals surface area contributed by atoms with Gasteiger partial charge in [-0.1, -0.05) is 30.3 Å². The third-order valence-corrected chi connectivity index (χ3v) is 3.15. The summed E-state index contributed by atoms with van der Waals surface area (Å²) in [5.41, 5.74) is 0.844. The Morgan fingerprint density at radius 1 is 1.05 bits per heavy atom. The van der Waals surface area contributed by atoms with Crippen LogP contribution >= 0.6 is 0 Å². The fourth-order valence-corrected chi connectivity index (χ4v) is 1.92. The van der Waals surface area contributed by atoms with Crippen molar-refractivity contribution in [1.82, 2.24) is 5.32 Å². The number of benzene rings is 2. The predicted octanol–water partition coefficient (Wildman–Crippen LogP) is 3.47. The van der Waals surface area contributed by atoms with Crippen molar-refractivity contribution in [3.8, 4) is 5.75 Å². The first-order chi connectivity index (χ1) is 10.1. The number of amides is 1. The van der Waals surface area contributed by atoms with Gasteiger partial charge in [-0.25, -0.2) is 4.39 Å². The molecule has 4 heteroatoms. The number of para-hydroxylation sites is 1. The molecule has 3 nitrogen and oxygen atoms in total. The topological polar surface area (TPSA) is 38.3 Å². The average molecular weight is 287 g/mol. The van der Waals surface area contributed by atoms with Gasteiger partial charge in [0, 0.05) is 0 Å². The van der Waals surface area contributed by atoms with E-state index in [1.807, 2.05) is 25.1 Å². The molecule has 1 N–H and O–H groups in total. The molecule has 1 amide bonds. The zero-order chi connectivity index (χ0) is 15.2. The summed E-state index contributed by atoms with van der Waals surface area (Å²) in [5, 5.41) is 2.85. The molecule has 21 heavy (non-hydrogen) atoms. The maximum absolute atomic E-state index is 12.9. The van der Waals surface area contributed by atoms with Crippen LogP contribution in [0.15, 0.2) is 54.6 Å². The van der Waals surface area contributed by atoms with Crippen LogP contribution in [0.25, 0.3) is 0 Å². The maximum atomic E-state index is 12.9. The average Bonchev–Trinajstić information content (AvgIpc) is 2.48. The zero-order valence-electron chi connectivity index (χ0n) is 12.0. The first-order valence-corrected chi connectivity index (χ1v) is 6.84. The van der Waals surface area contributed by atoms with E-state index in [9.17, 15) is 9.18 Å². The molecule has 2 aromatic rings. The van der Waals surface area contributed by atoms with Gasteiger partial charge in [-0.2, -0.15) is 0 Å². The SMILES string of the molecule is C[C@H](NC(=O)[C@@H](C)Oc1ccccc1)c1ccc(F)cc1. The normalized spacial score (nSPS) is 13.3. The lowest BCUT2D eigenvalue weighted by atomic mass is 10.1. The Labute approximate surface area is 123 Å². The Balaban J connectivity index is 1.92. The van der Waals surface area contributed by atoms with Gasteiger partial charge in [0.1, 0.15) is 11.6 Å². The van der Waals surface area contributed by atoms with Crippen molar-refractivity contribution >= 4 is 5.91 Å². The van der Waals surface area contributed by atoms with Crippen molar-refractivity contribution in [1.29, 1.82) is 0 Å². The van der Waals surface area contributed by atoms with Crippen LogP contribution in [-0.4, -0.2) is 12.0 Å². The molecule has 0 bridgehead atoms. The molecule has 0 fully saturated rings. The standard InChI is InChI=1S/C17H18FNO2/c1-12(14-8-10-15(18)11-9-14)19-17(20)13(2)21-16-6-4-3-5-7-16/h3-13H,1-2H3,(H,19,20)/t12-,13+/m0/s1. The summed E-state index contributed by atoms with van der Waals surface area (Å²) in [6, 6.07) is 15.0. The number of ether oxygens (including phenoxy) is 1. The third kappa shape index (κ3) is 4.31. The van der Waals surface area contributed by atoms with E-state index in [-0.39, 0.29) is 17.8 Å². The second-order valence-corrected chi connectivity index (χ2v) is 4.85. The summed E-state index contributed by atoms with van der Waals surface area (Å²) in [6.45, 7) is 3.54. The van der Waals surface area contributed by atoms with Crippen LogP contribution in [0.4, 0.5) is 4.39 Å². The number of nitrogens with one attached hydrogen (secondary N) is 1. The molecule has 0 spiro atoms. The lowest BCUT2D eigenvalue weighted by Crippen LogP contribution is -2.37. The number of halogens is 1. The van der Waals surface area contributed by atoms with Gasteiger partial charge in [-0.3, -0.25) is 4.79 Å². The molecule has 0 saturated carbocycles. The van der Waals surface area contributed by atoms with Gasteiger partial charge in [0.15, 0.2) is 6.10 Å². The highest BCUT2D eigenvalue weighted by atomic mass is 19.1. The summed E-state index contributed by atoms with van der Waals surface area (Å²) in [7, 11) is 0. The Morgan fingerprint density at radius 3 is 2.29 bits per heavy atom. The predicted molar refractivity (Wildman–Crippen MR) is 79.5 cm³/mol. The Bertz CT molecular complexity index is 583. The number of rotatable bonds is 5. The van der Waals surface area contributed by atoms with Crippen molar-refractivity contribution < 1.29 is 13.9 Å². The quantitative estimate of drug-likeness (QED) is 0.914. The summed E-state index contributed by atoms with van der Waals surface area (Å²) in [5.74, 6) is 0.142. The number of carbonyl (C=O) groups excluding carboxylic acids is 1. The van der Waals surface area contributed by atoms with Gasteiger partial charge >= 0.3 is 0 Å². The first-order valence-electron chi connectivity index (χ1n) is 6.84. The number of carbonyl (C=O) groups is 1. The van der Waals surface area contributed by atoms with Crippen molar-refractivity contribution in [3.63, 3.8) is 0 Å². The van der Waals surface area contributed by atoms with Crippen LogP contribution in [0, 0.1) is 5.82 Å². The number of hydrogen-bond acceptors (Lipinski definition) is 2. The highest BCUT2D eigenvalue weighted by molar-refractivity contribution is 5.81. The van der Waals surface area contributed by atoms with Crippen LogP contribution < -0.4 is 10.1 Å². The molecule has 0 aliphatic heterocycles. The van der Waals surface area contributed by atoms with E-state index in [1.165, 1.54) is 12.1 Å². The summed E-state index contributed by atoms with van der Waals surface area (Å²) in [4.78, 5) is 12.1. The number of hydrogen-bond donors (Lipinski definition) is 1. The van der Waals surface area contributed by atoms with E-state index in [0.29, 0.717) is 5.75 Å². The molecule has 2 atom stereocenters. The molecular weight excluding hydrogens is 269 g/mol. The van der Waals surface area contributed by atoms with Gasteiger partial charge in [0.05, 0.1) is 6.04 Å². The fraction of sp³-hybridized carbons (Fsp3) is 0.235. The van der Waals surface area contributed by atoms with E-state index < -0.39 is 6.10 Å². The van der Waals surface area contributed by atoms with Gasteiger partial charge in [-0.05, 0) is 43.7 Å². The van der Waals surface area contributed by atoms with Crippen LogP contribution in [-0.2, 0) is 4.79 Å². The van der Waals surface area contributed by atoms with Crippen molar-refractivity contribution in [2.24, 2.45) is 0 Å². The monoisotopic (exact) mass is 287 g/mol. The lowest BCUT2D eigenvalue weighted by molar-refractivity contribution is -0.127. The summed E-state index contributed by atoms with van der Waals surface area (Å²) >= 11 is 0. The highest BCUT2D eigenvalue weighted by Crippen LogP contribution is 2.14. The lowest BCUT2D eigenvalue weighted by Gasteiger charge is -2.19. The molecule has 0 aromatic heterocycles. The third-order valence-electron chi connectivity index (χ3n) is 3.15. The maximum Gasteiger partial charge on any atom is 0.261 e. The highest BCUT2D eigenvalue weighted by Gasteiger charge is 2.17. The van der Waals surface area contributed by atoms with Gasteiger partial charge in [-0.15, -0.1) is 0 Å². The fourth-order valence-electron chi connectivity index (χ4n) is 1.92. The molecule has 2 aromatic carbocycles. The molecule has 110 valence electrons. The van der Waals surface area contributed by atoms with E-state index in [2.05, 4.69) is 5.32 Å². The molecule has 0 radical (unpaired) electrons. The molecule has 0 saturated heterocycles.